The molecule has 21 heavy (non-hydrogen) atoms. The van der Waals surface area contributed by atoms with Crippen LogP contribution in [0.1, 0.15) is 38.7 Å². The molecule has 0 radical (unpaired) electrons. The maximum Gasteiger partial charge on any atom is 0.123 e. The Morgan fingerprint density at radius 3 is 2.95 bits per heavy atom. The minimum Gasteiger partial charge on any atom is -0.492 e. The highest BCUT2D eigenvalue weighted by molar-refractivity contribution is 5.34. The molecule has 1 heterocycles. The number of hydrogen-bond donors (Lipinski definition) is 1. The summed E-state index contributed by atoms with van der Waals surface area (Å²) in [7, 11) is 0. The fourth-order valence-corrected chi connectivity index (χ4v) is 4.31. The minimum absolute atomic E-state index is 0.137. The Kier molecular flexibility index (Phi) is 4.23. The smallest absolute Gasteiger partial charge is 0.123 e. The third kappa shape index (κ3) is 2.58. The quantitative estimate of drug-likeness (QED) is 0.909. The Morgan fingerprint density at radius 2 is 2.14 bits per heavy atom. The average molecular weight is 288 g/mol. The molecular weight excluding hydrogens is 260 g/mol. The molecule has 1 aromatic rings. The first kappa shape index (κ1) is 14.9. The van der Waals surface area contributed by atoms with Gasteiger partial charge >= 0.3 is 0 Å². The summed E-state index contributed by atoms with van der Waals surface area (Å²) < 4.78 is 5.94. The SMILES string of the molecule is CC1CCCC(CN)(N2CCOc3ccccc3C2)C1C. The van der Waals surface area contributed by atoms with Gasteiger partial charge in [0.2, 0.25) is 0 Å². The van der Waals surface area contributed by atoms with Gasteiger partial charge < -0.3 is 10.5 Å². The number of ether oxygens (including phenoxy) is 1. The Balaban J connectivity index is 1.90. The molecular formula is C18H28N2O. The van der Waals surface area contributed by atoms with Crippen molar-refractivity contribution in [3.05, 3.63) is 29.8 Å². The third-order valence-corrected chi connectivity index (χ3v) is 5.91. The molecule has 0 spiro atoms. The van der Waals surface area contributed by atoms with Crippen LogP contribution < -0.4 is 10.5 Å². The zero-order valence-electron chi connectivity index (χ0n) is 13.3. The van der Waals surface area contributed by atoms with E-state index < -0.39 is 0 Å². The van der Waals surface area contributed by atoms with Crippen LogP contribution in [-0.4, -0.2) is 30.1 Å². The van der Waals surface area contributed by atoms with Gasteiger partial charge in [-0.25, -0.2) is 0 Å². The molecule has 2 aliphatic rings. The second-order valence-electron chi connectivity index (χ2n) is 6.84. The molecule has 1 aliphatic heterocycles. The number of nitrogens with two attached hydrogens (primary N) is 1. The van der Waals surface area contributed by atoms with Gasteiger partial charge in [0.1, 0.15) is 12.4 Å². The molecule has 3 atom stereocenters. The molecule has 1 aliphatic carbocycles. The second kappa shape index (κ2) is 5.98. The van der Waals surface area contributed by atoms with Crippen molar-refractivity contribution >= 4 is 0 Å². The van der Waals surface area contributed by atoms with Crippen LogP contribution in [-0.2, 0) is 6.54 Å². The molecule has 1 aromatic carbocycles. The fraction of sp³-hybridized carbons (Fsp3) is 0.667. The summed E-state index contributed by atoms with van der Waals surface area (Å²) in [4.78, 5) is 2.61. The molecule has 0 aromatic heterocycles. The maximum atomic E-state index is 6.31. The predicted molar refractivity (Wildman–Crippen MR) is 86.3 cm³/mol. The summed E-state index contributed by atoms with van der Waals surface area (Å²) in [6.07, 6.45) is 3.85. The highest BCUT2D eigenvalue weighted by Gasteiger charge is 2.45. The Morgan fingerprint density at radius 1 is 1.33 bits per heavy atom. The summed E-state index contributed by atoms with van der Waals surface area (Å²) in [5.41, 5.74) is 7.75. The molecule has 0 amide bonds. The summed E-state index contributed by atoms with van der Waals surface area (Å²) >= 11 is 0. The van der Waals surface area contributed by atoms with Crippen LogP contribution >= 0.6 is 0 Å². The Hall–Kier alpha value is -1.06. The van der Waals surface area contributed by atoms with Crippen LogP contribution in [0.3, 0.4) is 0 Å². The summed E-state index contributed by atoms with van der Waals surface area (Å²) in [6.45, 7) is 8.23. The zero-order chi connectivity index (χ0) is 14.9. The monoisotopic (exact) mass is 288 g/mol. The number of para-hydroxylation sites is 1. The summed E-state index contributed by atoms with van der Waals surface area (Å²) in [5, 5.41) is 0. The number of nitrogens with zero attached hydrogens (tertiary/aromatic N) is 1. The van der Waals surface area contributed by atoms with Gasteiger partial charge in [0, 0.05) is 30.7 Å². The van der Waals surface area contributed by atoms with E-state index in [2.05, 4.69) is 43.0 Å². The number of fused-ring (bicyclic) bond motifs is 1. The first-order valence-electron chi connectivity index (χ1n) is 8.33. The van der Waals surface area contributed by atoms with Crippen molar-refractivity contribution in [3.8, 4) is 5.75 Å². The second-order valence-corrected chi connectivity index (χ2v) is 6.84. The van der Waals surface area contributed by atoms with Gasteiger partial charge in [-0.15, -0.1) is 0 Å². The van der Waals surface area contributed by atoms with E-state index in [1.165, 1.54) is 24.8 Å². The van der Waals surface area contributed by atoms with E-state index in [1.54, 1.807) is 0 Å². The maximum absolute atomic E-state index is 6.31. The van der Waals surface area contributed by atoms with Crippen LogP contribution in [0.15, 0.2) is 24.3 Å². The molecule has 3 nitrogen and oxygen atoms in total. The lowest BCUT2D eigenvalue weighted by Gasteiger charge is -2.52. The van der Waals surface area contributed by atoms with Gasteiger partial charge in [-0.3, -0.25) is 4.90 Å². The van der Waals surface area contributed by atoms with Crippen molar-refractivity contribution in [1.82, 2.24) is 4.90 Å². The Bertz CT molecular complexity index is 490. The van der Waals surface area contributed by atoms with Gasteiger partial charge in [-0.2, -0.15) is 0 Å². The van der Waals surface area contributed by atoms with Gasteiger partial charge in [0.15, 0.2) is 0 Å². The molecule has 2 N–H and O–H groups in total. The van der Waals surface area contributed by atoms with E-state index >= 15 is 0 Å². The highest BCUT2D eigenvalue weighted by atomic mass is 16.5. The molecule has 0 saturated heterocycles. The van der Waals surface area contributed by atoms with Crippen molar-refractivity contribution in [2.75, 3.05) is 19.7 Å². The summed E-state index contributed by atoms with van der Waals surface area (Å²) in [5.74, 6) is 2.44. The normalized spacial score (nSPS) is 33.9. The highest BCUT2D eigenvalue weighted by Crippen LogP contribution is 2.42. The van der Waals surface area contributed by atoms with Crippen LogP contribution in [0, 0.1) is 11.8 Å². The van der Waals surface area contributed by atoms with Crippen LogP contribution in [0.5, 0.6) is 5.75 Å². The van der Waals surface area contributed by atoms with Crippen molar-refractivity contribution in [2.24, 2.45) is 17.6 Å². The first-order chi connectivity index (χ1) is 10.2. The fourth-order valence-electron chi connectivity index (χ4n) is 4.31. The Labute approximate surface area is 128 Å². The lowest BCUT2D eigenvalue weighted by atomic mass is 9.67. The van der Waals surface area contributed by atoms with Crippen molar-refractivity contribution in [2.45, 2.75) is 45.2 Å². The van der Waals surface area contributed by atoms with Crippen LogP contribution in [0.2, 0.25) is 0 Å². The molecule has 116 valence electrons. The van der Waals surface area contributed by atoms with E-state index in [1.807, 2.05) is 0 Å². The number of hydrogen-bond acceptors (Lipinski definition) is 3. The van der Waals surface area contributed by atoms with Crippen LogP contribution in [0.4, 0.5) is 0 Å². The van der Waals surface area contributed by atoms with Gasteiger partial charge in [0.05, 0.1) is 0 Å². The van der Waals surface area contributed by atoms with E-state index in [9.17, 15) is 0 Å². The van der Waals surface area contributed by atoms with E-state index in [4.69, 9.17) is 10.5 Å². The average Bonchev–Trinajstić information content (AvgIpc) is 2.73. The van der Waals surface area contributed by atoms with Gasteiger partial charge in [0.25, 0.3) is 0 Å². The number of rotatable bonds is 2. The zero-order valence-corrected chi connectivity index (χ0v) is 13.3. The van der Waals surface area contributed by atoms with Gasteiger partial charge in [-0.1, -0.05) is 44.9 Å². The predicted octanol–water partition coefficient (Wildman–Crippen LogP) is 3.03. The molecule has 0 bridgehead atoms. The van der Waals surface area contributed by atoms with Crippen molar-refractivity contribution in [3.63, 3.8) is 0 Å². The van der Waals surface area contributed by atoms with E-state index in [0.29, 0.717) is 5.92 Å². The van der Waals surface area contributed by atoms with Crippen molar-refractivity contribution in [1.29, 1.82) is 0 Å². The van der Waals surface area contributed by atoms with Gasteiger partial charge in [-0.05, 0) is 24.3 Å². The third-order valence-electron chi connectivity index (χ3n) is 5.91. The topological polar surface area (TPSA) is 38.5 Å². The minimum atomic E-state index is 0.137. The number of benzene rings is 1. The molecule has 3 rings (SSSR count). The lowest BCUT2D eigenvalue weighted by Crippen LogP contribution is -2.61. The van der Waals surface area contributed by atoms with Crippen LogP contribution in [0.25, 0.3) is 0 Å². The first-order valence-corrected chi connectivity index (χ1v) is 8.33. The van der Waals surface area contributed by atoms with Crippen molar-refractivity contribution < 1.29 is 4.74 Å². The van der Waals surface area contributed by atoms with E-state index in [0.717, 1.165) is 37.9 Å². The molecule has 3 heteroatoms. The standard InChI is InChI=1S/C18H28N2O/c1-14-6-5-9-18(13-19,15(14)2)20-10-11-21-17-8-4-3-7-16(17)12-20/h3-4,7-8,14-15H,5-6,9-13,19H2,1-2H3. The summed E-state index contributed by atoms with van der Waals surface area (Å²) in [6, 6.07) is 8.43. The molecule has 3 unspecified atom stereocenters. The molecule has 1 saturated carbocycles. The largest absolute Gasteiger partial charge is 0.492 e. The lowest BCUT2D eigenvalue weighted by molar-refractivity contribution is -0.0185. The molecule has 1 fully saturated rings. The van der Waals surface area contributed by atoms with E-state index in [-0.39, 0.29) is 5.54 Å².